The van der Waals surface area contributed by atoms with Crippen molar-refractivity contribution in [1.29, 1.82) is 0 Å². The maximum absolute atomic E-state index is 13.4. The van der Waals surface area contributed by atoms with Crippen LogP contribution in [0.1, 0.15) is 28.8 Å². The number of sulfonamides is 1. The Kier molecular flexibility index (Phi) is 7.10. The fourth-order valence-electron chi connectivity index (χ4n) is 3.18. The highest BCUT2D eigenvalue weighted by Crippen LogP contribution is 2.34. The van der Waals surface area contributed by atoms with Crippen LogP contribution < -0.4 is 9.47 Å². The first-order valence-electron chi connectivity index (χ1n) is 9.57. The van der Waals surface area contributed by atoms with E-state index < -0.39 is 10.0 Å². The summed E-state index contributed by atoms with van der Waals surface area (Å²) >= 11 is 6.13. The SMILES string of the molecule is COc1ccc(OC)c(CN(C(=O)c2ccc(Cl)c(S(=O)(=O)N(C)OC)c2)C2CC2)c1. The fraction of sp³-hybridized carbons (Fsp3) is 0.381. The Balaban J connectivity index is 1.96. The van der Waals surface area contributed by atoms with Crippen LogP contribution in [0.4, 0.5) is 0 Å². The molecule has 0 radical (unpaired) electrons. The van der Waals surface area contributed by atoms with Crippen LogP contribution in [0.25, 0.3) is 0 Å². The Morgan fingerprint density at radius 1 is 1.10 bits per heavy atom. The normalized spacial score (nSPS) is 13.9. The van der Waals surface area contributed by atoms with Gasteiger partial charge in [-0.1, -0.05) is 16.1 Å². The number of nitrogens with zero attached hydrogens (tertiary/aromatic N) is 2. The third-order valence-electron chi connectivity index (χ3n) is 5.13. The number of halogens is 1. The number of amides is 1. The van der Waals surface area contributed by atoms with E-state index in [0.717, 1.165) is 18.4 Å². The minimum Gasteiger partial charge on any atom is -0.497 e. The van der Waals surface area contributed by atoms with Gasteiger partial charge >= 0.3 is 0 Å². The molecule has 2 aromatic carbocycles. The fourth-order valence-corrected chi connectivity index (χ4v) is 4.65. The van der Waals surface area contributed by atoms with E-state index in [2.05, 4.69) is 0 Å². The molecule has 1 saturated carbocycles. The summed E-state index contributed by atoms with van der Waals surface area (Å²) in [5.74, 6) is 1.00. The topological polar surface area (TPSA) is 85.4 Å². The number of rotatable bonds is 9. The van der Waals surface area contributed by atoms with Gasteiger partial charge in [-0.05, 0) is 49.2 Å². The van der Waals surface area contributed by atoms with Gasteiger partial charge in [0.15, 0.2) is 0 Å². The number of hydrogen-bond donors (Lipinski definition) is 0. The van der Waals surface area contributed by atoms with Gasteiger partial charge in [-0.15, -0.1) is 0 Å². The first kappa shape index (κ1) is 23.3. The molecule has 1 aliphatic carbocycles. The molecule has 0 spiro atoms. The van der Waals surface area contributed by atoms with Crippen LogP contribution in [0.3, 0.4) is 0 Å². The number of benzene rings is 2. The van der Waals surface area contributed by atoms with Crippen molar-refractivity contribution in [2.75, 3.05) is 28.4 Å². The van der Waals surface area contributed by atoms with E-state index in [-0.39, 0.29) is 27.4 Å². The maximum atomic E-state index is 13.4. The third-order valence-corrected chi connectivity index (χ3v) is 7.29. The molecule has 1 amide bonds. The Morgan fingerprint density at radius 2 is 1.81 bits per heavy atom. The molecule has 0 unspecified atom stereocenters. The van der Waals surface area contributed by atoms with Crippen molar-refractivity contribution in [1.82, 2.24) is 9.37 Å². The average Bonchev–Trinajstić information content (AvgIpc) is 3.61. The van der Waals surface area contributed by atoms with E-state index in [4.69, 9.17) is 25.9 Å². The van der Waals surface area contributed by atoms with Crippen LogP contribution in [0.5, 0.6) is 11.5 Å². The van der Waals surface area contributed by atoms with Gasteiger partial charge in [-0.3, -0.25) is 9.63 Å². The van der Waals surface area contributed by atoms with E-state index in [1.54, 1.807) is 31.3 Å². The van der Waals surface area contributed by atoms with Gasteiger partial charge in [0, 0.05) is 24.2 Å². The summed E-state index contributed by atoms with van der Waals surface area (Å²) in [7, 11) is 1.61. The molecule has 1 aliphatic rings. The molecule has 0 bridgehead atoms. The second kappa shape index (κ2) is 9.44. The second-order valence-corrected chi connectivity index (χ2v) is 9.40. The van der Waals surface area contributed by atoms with Gasteiger partial charge in [0.1, 0.15) is 16.4 Å². The number of methoxy groups -OCH3 is 2. The van der Waals surface area contributed by atoms with Crippen LogP contribution in [0.15, 0.2) is 41.3 Å². The maximum Gasteiger partial charge on any atom is 0.266 e. The van der Waals surface area contributed by atoms with E-state index in [1.165, 1.54) is 32.4 Å². The first-order chi connectivity index (χ1) is 14.7. The Labute approximate surface area is 187 Å². The van der Waals surface area contributed by atoms with Crippen LogP contribution >= 0.6 is 11.6 Å². The standard InChI is InChI=1S/C21H25ClN2O6S/c1-23(30-4)31(26,27)20-12-14(5-9-18(20)22)21(25)24(16-6-7-16)13-15-11-17(28-2)8-10-19(15)29-3/h5,8-12,16H,6-7,13H2,1-4H3. The molecule has 0 atom stereocenters. The zero-order valence-corrected chi connectivity index (χ0v) is 19.4. The number of hydroxylamine groups is 1. The molecule has 8 nitrogen and oxygen atoms in total. The molecule has 0 aliphatic heterocycles. The molecule has 168 valence electrons. The van der Waals surface area contributed by atoms with Crippen LogP contribution in [0.2, 0.25) is 5.02 Å². The Hall–Kier alpha value is -2.33. The summed E-state index contributed by atoms with van der Waals surface area (Å²) in [6, 6.07) is 9.68. The van der Waals surface area contributed by atoms with Crippen molar-refractivity contribution in [2.45, 2.75) is 30.3 Å². The van der Waals surface area contributed by atoms with E-state index in [1.807, 2.05) is 6.07 Å². The minimum atomic E-state index is -4.01. The van der Waals surface area contributed by atoms with E-state index in [9.17, 15) is 13.2 Å². The number of carbonyl (C=O) groups excluding carboxylic acids is 1. The van der Waals surface area contributed by atoms with Gasteiger partial charge in [0.05, 0.1) is 32.9 Å². The Bertz CT molecular complexity index is 1070. The van der Waals surface area contributed by atoms with Gasteiger partial charge in [-0.2, -0.15) is 0 Å². The summed E-state index contributed by atoms with van der Waals surface area (Å²) < 4.78 is 36.8. The monoisotopic (exact) mass is 468 g/mol. The highest BCUT2D eigenvalue weighted by atomic mass is 35.5. The number of hydrogen-bond acceptors (Lipinski definition) is 6. The lowest BCUT2D eigenvalue weighted by molar-refractivity contribution is -0.0258. The third kappa shape index (κ3) is 4.95. The largest absolute Gasteiger partial charge is 0.497 e. The molecule has 3 rings (SSSR count). The van der Waals surface area contributed by atoms with Gasteiger partial charge in [0.25, 0.3) is 15.9 Å². The van der Waals surface area contributed by atoms with Gasteiger partial charge in [0.2, 0.25) is 0 Å². The Morgan fingerprint density at radius 3 is 2.39 bits per heavy atom. The molecular weight excluding hydrogens is 444 g/mol. The molecule has 31 heavy (non-hydrogen) atoms. The smallest absolute Gasteiger partial charge is 0.266 e. The predicted molar refractivity (Wildman–Crippen MR) is 116 cm³/mol. The molecule has 0 aromatic heterocycles. The van der Waals surface area contributed by atoms with Crippen LogP contribution in [-0.4, -0.2) is 58.1 Å². The summed E-state index contributed by atoms with van der Waals surface area (Å²) in [4.78, 5) is 19.7. The molecule has 0 heterocycles. The van der Waals surface area contributed by atoms with E-state index >= 15 is 0 Å². The molecular formula is C21H25ClN2O6S. The zero-order chi connectivity index (χ0) is 22.8. The predicted octanol–water partition coefficient (Wildman–Crippen LogP) is 3.34. The van der Waals surface area contributed by atoms with Gasteiger partial charge in [-0.25, -0.2) is 8.42 Å². The highest BCUT2D eigenvalue weighted by molar-refractivity contribution is 7.89. The van der Waals surface area contributed by atoms with Crippen molar-refractivity contribution >= 4 is 27.5 Å². The van der Waals surface area contributed by atoms with Crippen molar-refractivity contribution in [2.24, 2.45) is 0 Å². The summed E-state index contributed by atoms with van der Waals surface area (Å²) in [5.41, 5.74) is 1.02. The molecule has 0 N–H and O–H groups in total. The van der Waals surface area contributed by atoms with Crippen molar-refractivity contribution in [3.63, 3.8) is 0 Å². The molecule has 1 fully saturated rings. The lowest BCUT2D eigenvalue weighted by Gasteiger charge is -2.24. The minimum absolute atomic E-state index is 0.00730. The number of carbonyl (C=O) groups is 1. The van der Waals surface area contributed by atoms with Crippen molar-refractivity contribution in [3.05, 3.63) is 52.5 Å². The van der Waals surface area contributed by atoms with Gasteiger partial charge < -0.3 is 14.4 Å². The zero-order valence-electron chi connectivity index (χ0n) is 17.8. The summed E-state index contributed by atoms with van der Waals surface area (Å²) in [6.07, 6.45) is 1.76. The first-order valence-corrected chi connectivity index (χ1v) is 11.4. The van der Waals surface area contributed by atoms with Crippen molar-refractivity contribution in [3.8, 4) is 11.5 Å². The average molecular weight is 469 g/mol. The quantitative estimate of drug-likeness (QED) is 0.525. The molecule has 0 saturated heterocycles. The number of ether oxygens (including phenoxy) is 2. The summed E-state index contributed by atoms with van der Waals surface area (Å²) in [6.45, 7) is 0.298. The van der Waals surface area contributed by atoms with Crippen LogP contribution in [0, 0.1) is 0 Å². The molecule has 10 heteroatoms. The van der Waals surface area contributed by atoms with Crippen LogP contribution in [-0.2, 0) is 21.4 Å². The summed E-state index contributed by atoms with van der Waals surface area (Å²) in [5, 5.41) is 0.00730. The molecule has 2 aromatic rings. The lowest BCUT2D eigenvalue weighted by Crippen LogP contribution is -2.33. The highest BCUT2D eigenvalue weighted by Gasteiger charge is 2.34. The lowest BCUT2D eigenvalue weighted by atomic mass is 10.1. The van der Waals surface area contributed by atoms with E-state index in [0.29, 0.717) is 22.5 Å². The van der Waals surface area contributed by atoms with Crippen molar-refractivity contribution < 1.29 is 27.5 Å². The second-order valence-electron chi connectivity index (χ2n) is 7.08.